The van der Waals surface area contributed by atoms with Gasteiger partial charge in [-0.05, 0) is 49.7 Å². The van der Waals surface area contributed by atoms with E-state index in [2.05, 4.69) is 23.5 Å². The van der Waals surface area contributed by atoms with Crippen molar-refractivity contribution in [3.8, 4) is 0 Å². The predicted octanol–water partition coefficient (Wildman–Crippen LogP) is 3.13. The number of carbonyl (C=O) groups excluding carboxylic acids is 1. The molecule has 1 saturated carbocycles. The number of piperidine rings is 1. The smallest absolute Gasteiger partial charge is 0.317 e. The van der Waals surface area contributed by atoms with Crippen LogP contribution in [0.5, 0.6) is 0 Å². The van der Waals surface area contributed by atoms with Crippen molar-refractivity contribution in [2.45, 2.75) is 44.6 Å². The van der Waals surface area contributed by atoms with E-state index in [0.29, 0.717) is 31.8 Å². The number of rotatable bonds is 4. The molecular formula is C18H24N2O3. The number of carboxylic acid groups (broad SMARTS) is 1. The Labute approximate surface area is 136 Å². The topological polar surface area (TPSA) is 69.6 Å². The lowest BCUT2D eigenvalue weighted by molar-refractivity contribution is -0.143. The number of urea groups is 1. The summed E-state index contributed by atoms with van der Waals surface area (Å²) in [5.74, 6) is -0.366. The molecule has 23 heavy (non-hydrogen) atoms. The van der Waals surface area contributed by atoms with Crippen LogP contribution in [-0.4, -0.2) is 35.1 Å². The maximum absolute atomic E-state index is 12.4. The summed E-state index contributed by atoms with van der Waals surface area (Å²) in [7, 11) is 0. The molecule has 5 nitrogen and oxygen atoms in total. The summed E-state index contributed by atoms with van der Waals surface area (Å²) in [4.78, 5) is 25.0. The van der Waals surface area contributed by atoms with E-state index in [-0.39, 0.29) is 18.0 Å². The van der Waals surface area contributed by atoms with E-state index in [9.17, 15) is 9.59 Å². The van der Waals surface area contributed by atoms with Gasteiger partial charge in [0.2, 0.25) is 0 Å². The van der Waals surface area contributed by atoms with Crippen LogP contribution in [0, 0.1) is 5.92 Å². The molecule has 1 aliphatic heterocycles. The zero-order chi connectivity index (χ0) is 16.4. The number of hydrogen-bond donors (Lipinski definition) is 2. The Morgan fingerprint density at radius 3 is 2.52 bits per heavy atom. The molecule has 3 rings (SSSR count). The van der Waals surface area contributed by atoms with Gasteiger partial charge in [0.1, 0.15) is 0 Å². The van der Waals surface area contributed by atoms with Crippen LogP contribution in [0.25, 0.3) is 0 Å². The predicted molar refractivity (Wildman–Crippen MR) is 87.3 cm³/mol. The zero-order valence-corrected chi connectivity index (χ0v) is 13.5. The molecule has 1 aromatic rings. The second kappa shape index (κ2) is 6.60. The molecule has 5 heteroatoms. The van der Waals surface area contributed by atoms with Crippen molar-refractivity contribution in [3.05, 3.63) is 35.4 Å². The molecule has 1 atom stereocenters. The first-order chi connectivity index (χ1) is 11.0. The van der Waals surface area contributed by atoms with Crippen LogP contribution in [0.1, 0.15) is 55.7 Å². The fourth-order valence-electron chi connectivity index (χ4n) is 3.19. The van der Waals surface area contributed by atoms with Gasteiger partial charge in [-0.3, -0.25) is 4.79 Å². The first kappa shape index (κ1) is 15.8. The third kappa shape index (κ3) is 3.84. The fourth-order valence-corrected chi connectivity index (χ4v) is 3.19. The van der Waals surface area contributed by atoms with Crippen LogP contribution in [0.4, 0.5) is 4.79 Å². The molecule has 2 fully saturated rings. The van der Waals surface area contributed by atoms with Crippen LogP contribution in [-0.2, 0) is 4.79 Å². The van der Waals surface area contributed by atoms with E-state index in [0.717, 1.165) is 5.56 Å². The van der Waals surface area contributed by atoms with Gasteiger partial charge in [0.25, 0.3) is 0 Å². The van der Waals surface area contributed by atoms with E-state index in [1.54, 1.807) is 4.90 Å². The number of amides is 2. The molecular weight excluding hydrogens is 292 g/mol. The number of carboxylic acids is 1. The number of likely N-dealkylation sites (tertiary alicyclic amines) is 1. The molecule has 1 aliphatic carbocycles. The van der Waals surface area contributed by atoms with Gasteiger partial charge in [0.05, 0.1) is 12.0 Å². The minimum atomic E-state index is -0.754. The summed E-state index contributed by atoms with van der Waals surface area (Å²) in [5.41, 5.74) is 2.49. The molecule has 2 N–H and O–H groups in total. The minimum absolute atomic E-state index is 0.0432. The summed E-state index contributed by atoms with van der Waals surface area (Å²) in [6.45, 7) is 3.02. The molecule has 1 heterocycles. The first-order valence-electron chi connectivity index (χ1n) is 8.42. The monoisotopic (exact) mass is 316 g/mol. The molecule has 2 aliphatic rings. The van der Waals surface area contributed by atoms with Crippen molar-refractivity contribution in [3.63, 3.8) is 0 Å². The van der Waals surface area contributed by atoms with Crippen molar-refractivity contribution >= 4 is 12.0 Å². The Morgan fingerprint density at radius 2 is 1.91 bits per heavy atom. The van der Waals surface area contributed by atoms with E-state index in [1.165, 1.54) is 18.4 Å². The lowest BCUT2D eigenvalue weighted by atomic mass is 9.97. The van der Waals surface area contributed by atoms with Crippen molar-refractivity contribution in [1.29, 1.82) is 0 Å². The molecule has 0 spiro atoms. The highest BCUT2D eigenvalue weighted by Gasteiger charge is 2.28. The second-order valence-electron chi connectivity index (χ2n) is 6.72. The first-order valence-corrected chi connectivity index (χ1v) is 8.42. The van der Waals surface area contributed by atoms with E-state index >= 15 is 0 Å². The molecule has 0 aromatic heterocycles. The van der Waals surface area contributed by atoms with Gasteiger partial charge >= 0.3 is 12.0 Å². The highest BCUT2D eigenvalue weighted by Crippen LogP contribution is 2.40. The average Bonchev–Trinajstić information content (AvgIpc) is 3.40. The summed E-state index contributed by atoms with van der Waals surface area (Å²) >= 11 is 0. The summed E-state index contributed by atoms with van der Waals surface area (Å²) in [6.07, 6.45) is 3.61. The Kier molecular flexibility index (Phi) is 4.55. The van der Waals surface area contributed by atoms with Crippen molar-refractivity contribution in [2.24, 2.45) is 5.92 Å². The van der Waals surface area contributed by atoms with Gasteiger partial charge in [-0.15, -0.1) is 0 Å². The fraction of sp³-hybridized carbons (Fsp3) is 0.556. The van der Waals surface area contributed by atoms with Crippen LogP contribution in [0.3, 0.4) is 0 Å². The van der Waals surface area contributed by atoms with Gasteiger partial charge in [0.15, 0.2) is 0 Å². The largest absolute Gasteiger partial charge is 0.481 e. The lowest BCUT2D eigenvalue weighted by Gasteiger charge is -2.31. The number of carbonyl (C=O) groups is 2. The van der Waals surface area contributed by atoms with Crippen molar-refractivity contribution < 1.29 is 14.7 Å². The van der Waals surface area contributed by atoms with Crippen LogP contribution >= 0.6 is 0 Å². The Morgan fingerprint density at radius 1 is 1.22 bits per heavy atom. The number of hydrogen-bond acceptors (Lipinski definition) is 2. The summed E-state index contributed by atoms with van der Waals surface area (Å²) in [5, 5.41) is 12.1. The third-order valence-corrected chi connectivity index (χ3v) is 4.93. The molecule has 1 aromatic carbocycles. The van der Waals surface area contributed by atoms with E-state index in [1.807, 2.05) is 13.0 Å². The van der Waals surface area contributed by atoms with Gasteiger partial charge < -0.3 is 15.3 Å². The van der Waals surface area contributed by atoms with Crippen molar-refractivity contribution in [2.75, 3.05) is 13.1 Å². The Balaban J connectivity index is 1.55. The maximum atomic E-state index is 12.4. The van der Waals surface area contributed by atoms with Crippen LogP contribution in [0.15, 0.2) is 24.3 Å². The number of aliphatic carboxylic acids is 1. The zero-order valence-electron chi connectivity index (χ0n) is 13.5. The normalized spacial score (nSPS) is 20.1. The molecule has 124 valence electrons. The lowest BCUT2D eigenvalue weighted by Crippen LogP contribution is -2.46. The Hall–Kier alpha value is -2.04. The van der Waals surface area contributed by atoms with Gasteiger partial charge in [0, 0.05) is 13.1 Å². The molecule has 0 bridgehead atoms. The number of nitrogens with zero attached hydrogens (tertiary/aromatic N) is 1. The van der Waals surface area contributed by atoms with Crippen molar-refractivity contribution in [1.82, 2.24) is 10.2 Å². The highest BCUT2D eigenvalue weighted by atomic mass is 16.4. The Bertz CT molecular complexity index is 590. The van der Waals surface area contributed by atoms with Gasteiger partial charge in [-0.2, -0.15) is 0 Å². The minimum Gasteiger partial charge on any atom is -0.481 e. The molecule has 1 unspecified atom stereocenters. The van der Waals surface area contributed by atoms with Crippen LogP contribution in [0.2, 0.25) is 0 Å². The standard InChI is InChI=1S/C18H24N2O3/c1-12(15-3-2-4-16(11-15)13-5-6-13)19-18(23)20-9-7-14(8-10-20)17(21)22/h2-4,11-14H,5-10H2,1H3,(H,19,23)(H,21,22). The van der Waals surface area contributed by atoms with Gasteiger partial charge in [-0.1, -0.05) is 24.3 Å². The molecule has 1 saturated heterocycles. The quantitative estimate of drug-likeness (QED) is 0.896. The van der Waals surface area contributed by atoms with E-state index in [4.69, 9.17) is 5.11 Å². The SMILES string of the molecule is CC(NC(=O)N1CCC(C(=O)O)CC1)c1cccc(C2CC2)c1. The van der Waals surface area contributed by atoms with Crippen LogP contribution < -0.4 is 5.32 Å². The molecule has 0 radical (unpaired) electrons. The number of nitrogens with one attached hydrogen (secondary N) is 1. The maximum Gasteiger partial charge on any atom is 0.317 e. The highest BCUT2D eigenvalue weighted by molar-refractivity contribution is 5.75. The molecule has 2 amide bonds. The number of benzene rings is 1. The summed E-state index contributed by atoms with van der Waals surface area (Å²) < 4.78 is 0. The summed E-state index contributed by atoms with van der Waals surface area (Å²) in [6, 6.07) is 8.32. The average molecular weight is 316 g/mol. The van der Waals surface area contributed by atoms with Gasteiger partial charge in [-0.25, -0.2) is 4.79 Å². The second-order valence-corrected chi connectivity index (χ2v) is 6.72. The third-order valence-electron chi connectivity index (χ3n) is 4.93. The van der Waals surface area contributed by atoms with E-state index < -0.39 is 5.97 Å².